The highest BCUT2D eigenvalue weighted by molar-refractivity contribution is 5.37. The van der Waals surface area contributed by atoms with Crippen LogP contribution in [-0.4, -0.2) is 19.8 Å². The highest BCUT2D eigenvalue weighted by Crippen LogP contribution is 2.15. The van der Waals surface area contributed by atoms with Crippen LogP contribution in [0.2, 0.25) is 0 Å². The molecule has 1 rings (SSSR count). The molecule has 0 spiro atoms. The van der Waals surface area contributed by atoms with Crippen LogP contribution in [0, 0.1) is 0 Å². The molecule has 0 saturated heterocycles. The zero-order valence-electron chi connectivity index (χ0n) is 7.85. The van der Waals surface area contributed by atoms with Gasteiger partial charge in [-0.05, 0) is 26.1 Å². The Bertz CT molecular complexity index is 232. The second-order valence-corrected chi connectivity index (χ2v) is 3.28. The summed E-state index contributed by atoms with van der Waals surface area (Å²) in [5.74, 6) is 0. The molecule has 0 amide bonds. The zero-order chi connectivity index (χ0) is 8.97. The molecule has 12 heavy (non-hydrogen) atoms. The number of nitrogens with zero attached hydrogens (tertiary/aromatic N) is 1. The van der Waals surface area contributed by atoms with Crippen molar-refractivity contribution in [2.45, 2.75) is 20.3 Å². The summed E-state index contributed by atoms with van der Waals surface area (Å²) >= 11 is 0. The molecule has 0 fully saturated rings. The van der Waals surface area contributed by atoms with Crippen LogP contribution in [0.3, 0.4) is 0 Å². The maximum atomic E-state index is 4.03. The van der Waals surface area contributed by atoms with Crippen molar-refractivity contribution in [3.63, 3.8) is 0 Å². The summed E-state index contributed by atoms with van der Waals surface area (Å²) < 4.78 is 0. The van der Waals surface area contributed by atoms with Crippen LogP contribution in [0.25, 0.3) is 0 Å². The van der Waals surface area contributed by atoms with Crippen molar-refractivity contribution in [1.29, 1.82) is 0 Å². The summed E-state index contributed by atoms with van der Waals surface area (Å²) in [6.45, 7) is 9.73. The molecule has 1 aliphatic rings. The van der Waals surface area contributed by atoms with Crippen molar-refractivity contribution >= 4 is 6.72 Å². The first-order chi connectivity index (χ1) is 5.74. The molecule has 0 atom stereocenters. The van der Waals surface area contributed by atoms with Gasteiger partial charge in [0.2, 0.25) is 0 Å². The second-order valence-electron chi connectivity index (χ2n) is 3.28. The molecule has 0 saturated carbocycles. The van der Waals surface area contributed by atoms with Gasteiger partial charge in [0.05, 0.1) is 0 Å². The Labute approximate surface area is 74.1 Å². The third-order valence-corrected chi connectivity index (χ3v) is 1.88. The molecule has 0 radical (unpaired) electrons. The summed E-state index contributed by atoms with van der Waals surface area (Å²) in [6, 6.07) is 0. The largest absolute Gasteiger partial charge is 0.312 e. The Balaban J connectivity index is 2.87. The predicted molar refractivity (Wildman–Crippen MR) is 53.5 cm³/mol. The summed E-state index contributed by atoms with van der Waals surface area (Å²) in [7, 11) is 0. The van der Waals surface area contributed by atoms with E-state index in [0.29, 0.717) is 0 Å². The lowest BCUT2D eigenvalue weighted by molar-refractivity contribution is 0.682. The van der Waals surface area contributed by atoms with E-state index in [9.17, 15) is 0 Å². The number of nitrogens with one attached hydrogen (secondary N) is 1. The molecule has 0 unspecified atom stereocenters. The molecular formula is C10H16N2. The van der Waals surface area contributed by atoms with Gasteiger partial charge in [0, 0.05) is 25.2 Å². The van der Waals surface area contributed by atoms with Crippen molar-refractivity contribution in [2.24, 2.45) is 4.99 Å². The van der Waals surface area contributed by atoms with Crippen molar-refractivity contribution in [2.75, 3.05) is 13.1 Å². The lowest BCUT2D eigenvalue weighted by Gasteiger charge is -2.16. The average molecular weight is 164 g/mol. The van der Waals surface area contributed by atoms with E-state index in [2.05, 4.69) is 37.0 Å². The van der Waals surface area contributed by atoms with Crippen LogP contribution < -0.4 is 5.32 Å². The Morgan fingerprint density at radius 3 is 2.92 bits per heavy atom. The first-order valence-corrected chi connectivity index (χ1v) is 4.28. The Morgan fingerprint density at radius 1 is 1.58 bits per heavy atom. The van der Waals surface area contributed by atoms with Gasteiger partial charge >= 0.3 is 0 Å². The van der Waals surface area contributed by atoms with E-state index < -0.39 is 0 Å². The van der Waals surface area contributed by atoms with Crippen molar-refractivity contribution in [3.8, 4) is 0 Å². The average Bonchev–Trinajstić information content (AvgIpc) is 2.04. The monoisotopic (exact) mass is 164 g/mol. The predicted octanol–water partition coefficient (Wildman–Crippen LogP) is 1.90. The maximum absolute atomic E-state index is 4.03. The van der Waals surface area contributed by atoms with Crippen LogP contribution in [-0.2, 0) is 0 Å². The van der Waals surface area contributed by atoms with E-state index in [-0.39, 0.29) is 0 Å². The number of aliphatic imine (C=N–C) groups is 1. The van der Waals surface area contributed by atoms with Gasteiger partial charge in [-0.1, -0.05) is 11.6 Å². The summed E-state index contributed by atoms with van der Waals surface area (Å²) in [6.07, 6.45) is 3.18. The molecule has 2 heteroatoms. The van der Waals surface area contributed by atoms with E-state index in [1.54, 1.807) is 0 Å². The van der Waals surface area contributed by atoms with Gasteiger partial charge in [-0.3, -0.25) is 4.99 Å². The molecule has 2 nitrogen and oxygen atoms in total. The molecule has 0 aromatic carbocycles. The third-order valence-electron chi connectivity index (χ3n) is 1.88. The highest BCUT2D eigenvalue weighted by Gasteiger charge is 2.07. The fourth-order valence-corrected chi connectivity index (χ4v) is 1.36. The van der Waals surface area contributed by atoms with Gasteiger partial charge in [0.25, 0.3) is 0 Å². The Kier molecular flexibility index (Phi) is 3.23. The first kappa shape index (κ1) is 9.20. The quantitative estimate of drug-likeness (QED) is 0.619. The lowest BCUT2D eigenvalue weighted by atomic mass is 10.1. The molecule has 1 aliphatic heterocycles. The third kappa shape index (κ3) is 2.31. The van der Waals surface area contributed by atoms with E-state index >= 15 is 0 Å². The SMILES string of the molecule is C=NC1=C(C=C(C)C)CNCC1. The molecule has 1 heterocycles. The Hall–Kier alpha value is -0.890. The van der Waals surface area contributed by atoms with E-state index in [0.717, 1.165) is 25.2 Å². The maximum Gasteiger partial charge on any atom is 0.0453 e. The van der Waals surface area contributed by atoms with Gasteiger partial charge < -0.3 is 5.32 Å². The van der Waals surface area contributed by atoms with Crippen LogP contribution in [0.4, 0.5) is 0 Å². The minimum absolute atomic E-state index is 0.930. The molecule has 0 aromatic rings. The van der Waals surface area contributed by atoms with Gasteiger partial charge in [-0.15, -0.1) is 0 Å². The summed E-state index contributed by atoms with van der Waals surface area (Å²) in [4.78, 5) is 4.03. The van der Waals surface area contributed by atoms with Crippen LogP contribution >= 0.6 is 0 Å². The molecule has 66 valence electrons. The van der Waals surface area contributed by atoms with Gasteiger partial charge in [-0.2, -0.15) is 0 Å². The number of allylic oxidation sites excluding steroid dienone is 1. The van der Waals surface area contributed by atoms with Crippen LogP contribution in [0.5, 0.6) is 0 Å². The number of rotatable bonds is 2. The number of hydrogen-bond donors (Lipinski definition) is 1. The van der Waals surface area contributed by atoms with Gasteiger partial charge in [-0.25, -0.2) is 0 Å². The Morgan fingerprint density at radius 2 is 2.33 bits per heavy atom. The van der Waals surface area contributed by atoms with Crippen molar-refractivity contribution in [3.05, 3.63) is 22.9 Å². The van der Waals surface area contributed by atoms with E-state index in [1.165, 1.54) is 11.1 Å². The van der Waals surface area contributed by atoms with Gasteiger partial charge in [0.1, 0.15) is 0 Å². The van der Waals surface area contributed by atoms with Crippen molar-refractivity contribution in [1.82, 2.24) is 5.32 Å². The molecule has 0 bridgehead atoms. The molecule has 1 N–H and O–H groups in total. The molecule has 0 aliphatic carbocycles. The standard InChI is InChI=1S/C10H16N2/c1-8(2)6-9-7-12-5-4-10(9)11-3/h6,12H,3-5,7H2,1-2H3. The van der Waals surface area contributed by atoms with Crippen LogP contribution in [0.15, 0.2) is 27.9 Å². The minimum Gasteiger partial charge on any atom is -0.312 e. The fraction of sp³-hybridized carbons (Fsp3) is 0.500. The minimum atomic E-state index is 0.930. The second kappa shape index (κ2) is 4.21. The number of hydrogen-bond acceptors (Lipinski definition) is 2. The molecular weight excluding hydrogens is 148 g/mol. The summed E-state index contributed by atoms with van der Waals surface area (Å²) in [5, 5.41) is 3.31. The zero-order valence-corrected chi connectivity index (χ0v) is 7.85. The van der Waals surface area contributed by atoms with Crippen LogP contribution in [0.1, 0.15) is 20.3 Å². The topological polar surface area (TPSA) is 24.4 Å². The molecule has 0 aromatic heterocycles. The fourth-order valence-electron chi connectivity index (χ4n) is 1.36. The first-order valence-electron chi connectivity index (χ1n) is 4.28. The normalized spacial score (nSPS) is 17.5. The van der Waals surface area contributed by atoms with Gasteiger partial charge in [0.15, 0.2) is 0 Å². The summed E-state index contributed by atoms with van der Waals surface area (Å²) in [5.41, 5.74) is 3.75. The smallest absolute Gasteiger partial charge is 0.0453 e. The van der Waals surface area contributed by atoms with E-state index in [4.69, 9.17) is 0 Å². The lowest BCUT2D eigenvalue weighted by Crippen LogP contribution is -2.24. The van der Waals surface area contributed by atoms with Crippen molar-refractivity contribution < 1.29 is 0 Å². The highest BCUT2D eigenvalue weighted by atomic mass is 14.9. The van der Waals surface area contributed by atoms with E-state index in [1.807, 2.05) is 0 Å².